The van der Waals surface area contributed by atoms with Crippen LogP contribution in [-0.2, 0) is 0 Å². The summed E-state index contributed by atoms with van der Waals surface area (Å²) in [6, 6.07) is 10.1. The van der Waals surface area contributed by atoms with Gasteiger partial charge in [-0.25, -0.2) is 0 Å². The molecule has 1 aliphatic heterocycles. The van der Waals surface area contributed by atoms with Crippen LogP contribution in [0.15, 0.2) is 36.4 Å². The van der Waals surface area contributed by atoms with Gasteiger partial charge in [0, 0.05) is 31.1 Å². The van der Waals surface area contributed by atoms with Crippen LogP contribution in [0.3, 0.4) is 0 Å². The van der Waals surface area contributed by atoms with Crippen LogP contribution in [0.1, 0.15) is 17.3 Å². The fraction of sp³-hybridized carbons (Fsp3) is 0.389. The molecule has 1 unspecified atom stereocenters. The molecule has 0 bridgehead atoms. The van der Waals surface area contributed by atoms with E-state index in [-0.39, 0.29) is 36.9 Å². The van der Waals surface area contributed by atoms with E-state index in [0.717, 1.165) is 5.39 Å². The molecule has 1 aliphatic rings. The minimum absolute atomic E-state index is 0.0894. The first-order valence-electron chi connectivity index (χ1n) is 8.07. The third-order valence-electron chi connectivity index (χ3n) is 4.57. The van der Waals surface area contributed by atoms with E-state index in [9.17, 15) is 23.1 Å². The summed E-state index contributed by atoms with van der Waals surface area (Å²) in [6.07, 6.45) is -4.25. The van der Waals surface area contributed by atoms with Crippen molar-refractivity contribution in [1.82, 2.24) is 9.80 Å². The topological polar surface area (TPSA) is 43.8 Å². The monoisotopic (exact) mass is 352 g/mol. The average molecular weight is 352 g/mol. The Hall–Kier alpha value is -2.28. The van der Waals surface area contributed by atoms with Crippen LogP contribution < -0.4 is 0 Å². The van der Waals surface area contributed by atoms with Crippen molar-refractivity contribution in [3.05, 3.63) is 42.0 Å². The molecule has 1 N–H and O–H groups in total. The van der Waals surface area contributed by atoms with E-state index in [1.54, 1.807) is 31.2 Å². The highest BCUT2D eigenvalue weighted by Gasteiger charge is 2.36. The van der Waals surface area contributed by atoms with E-state index >= 15 is 0 Å². The van der Waals surface area contributed by atoms with Crippen molar-refractivity contribution in [3.63, 3.8) is 0 Å². The van der Waals surface area contributed by atoms with Crippen molar-refractivity contribution in [2.24, 2.45) is 0 Å². The first-order valence-corrected chi connectivity index (χ1v) is 8.07. The maximum absolute atomic E-state index is 12.7. The first-order chi connectivity index (χ1) is 11.8. The third kappa shape index (κ3) is 3.71. The van der Waals surface area contributed by atoms with Gasteiger partial charge in [-0.1, -0.05) is 30.3 Å². The molecule has 25 heavy (non-hydrogen) atoms. The van der Waals surface area contributed by atoms with Gasteiger partial charge in [-0.15, -0.1) is 0 Å². The van der Waals surface area contributed by atoms with Gasteiger partial charge in [-0.2, -0.15) is 13.2 Å². The lowest BCUT2D eigenvalue weighted by Gasteiger charge is -2.40. The van der Waals surface area contributed by atoms with E-state index in [1.807, 2.05) is 12.1 Å². The van der Waals surface area contributed by atoms with Crippen molar-refractivity contribution in [2.75, 3.05) is 26.2 Å². The molecule has 3 rings (SSSR count). The summed E-state index contributed by atoms with van der Waals surface area (Å²) in [4.78, 5) is 15.6. The van der Waals surface area contributed by atoms with E-state index in [2.05, 4.69) is 0 Å². The number of carbonyl (C=O) groups is 1. The highest BCUT2D eigenvalue weighted by Crippen LogP contribution is 2.30. The summed E-state index contributed by atoms with van der Waals surface area (Å²) in [5.74, 6) is -0.449. The summed E-state index contributed by atoms with van der Waals surface area (Å²) in [7, 11) is 0. The number of rotatable bonds is 2. The molecule has 134 valence electrons. The number of alkyl halides is 3. The van der Waals surface area contributed by atoms with Crippen molar-refractivity contribution >= 4 is 16.7 Å². The molecule has 1 atom stereocenters. The number of phenols is 1. The number of piperazine rings is 1. The van der Waals surface area contributed by atoms with Crippen LogP contribution >= 0.6 is 0 Å². The van der Waals surface area contributed by atoms with Crippen LogP contribution in [0, 0.1) is 0 Å². The average Bonchev–Trinajstić information content (AvgIpc) is 2.55. The van der Waals surface area contributed by atoms with Gasteiger partial charge in [-0.3, -0.25) is 9.69 Å². The second-order valence-electron chi connectivity index (χ2n) is 6.37. The Morgan fingerprint density at radius 2 is 1.92 bits per heavy atom. The Labute approximate surface area is 143 Å². The van der Waals surface area contributed by atoms with Crippen LogP contribution in [0.5, 0.6) is 5.75 Å². The summed E-state index contributed by atoms with van der Waals surface area (Å²) < 4.78 is 37.7. The number of carbonyl (C=O) groups excluding carboxylic acids is 1. The Morgan fingerprint density at radius 3 is 2.60 bits per heavy atom. The minimum atomic E-state index is -4.25. The second-order valence-corrected chi connectivity index (χ2v) is 6.37. The maximum atomic E-state index is 12.7. The lowest BCUT2D eigenvalue weighted by Crippen LogP contribution is -2.55. The highest BCUT2D eigenvalue weighted by molar-refractivity contribution is 6.03. The zero-order valence-corrected chi connectivity index (χ0v) is 13.8. The van der Waals surface area contributed by atoms with Crippen molar-refractivity contribution in [1.29, 1.82) is 0 Å². The first kappa shape index (κ1) is 17.5. The van der Waals surface area contributed by atoms with E-state index < -0.39 is 18.8 Å². The zero-order chi connectivity index (χ0) is 18.2. The van der Waals surface area contributed by atoms with Gasteiger partial charge in [0.25, 0.3) is 5.91 Å². The molecule has 0 aromatic heterocycles. The van der Waals surface area contributed by atoms with Gasteiger partial charge in [0.1, 0.15) is 5.75 Å². The Morgan fingerprint density at radius 1 is 1.20 bits per heavy atom. The Kier molecular flexibility index (Phi) is 4.60. The largest absolute Gasteiger partial charge is 0.506 e. The number of hydrogen-bond acceptors (Lipinski definition) is 3. The molecule has 0 spiro atoms. The maximum Gasteiger partial charge on any atom is 0.401 e. The lowest BCUT2D eigenvalue weighted by atomic mass is 10.0. The molecule has 1 heterocycles. The fourth-order valence-electron chi connectivity index (χ4n) is 3.24. The van der Waals surface area contributed by atoms with E-state index in [0.29, 0.717) is 5.39 Å². The molecular weight excluding hydrogens is 333 g/mol. The van der Waals surface area contributed by atoms with Crippen molar-refractivity contribution in [3.8, 4) is 5.75 Å². The lowest BCUT2D eigenvalue weighted by molar-refractivity contribution is -0.153. The molecule has 7 heteroatoms. The van der Waals surface area contributed by atoms with Gasteiger partial charge in [0.2, 0.25) is 0 Å². The number of aromatic hydroxyl groups is 1. The number of amides is 1. The summed E-state index contributed by atoms with van der Waals surface area (Å²) >= 11 is 0. The van der Waals surface area contributed by atoms with Gasteiger partial charge in [0.05, 0.1) is 12.1 Å². The van der Waals surface area contributed by atoms with Crippen molar-refractivity contribution < 1.29 is 23.1 Å². The molecule has 1 fully saturated rings. The standard InChI is InChI=1S/C18H19F3N2O2/c1-12-10-22(8-9-23(12)11-18(19,20)21)17(25)15-7-6-13-4-2-3-5-14(13)16(15)24/h2-7,12,24H,8-11H2,1H3. The molecule has 1 amide bonds. The molecule has 2 aromatic carbocycles. The molecule has 0 radical (unpaired) electrons. The molecule has 4 nitrogen and oxygen atoms in total. The van der Waals surface area contributed by atoms with Crippen LogP contribution in [0.4, 0.5) is 13.2 Å². The van der Waals surface area contributed by atoms with Gasteiger partial charge in [0.15, 0.2) is 0 Å². The molecule has 1 saturated heterocycles. The highest BCUT2D eigenvalue weighted by atomic mass is 19.4. The normalized spacial score (nSPS) is 19.4. The summed E-state index contributed by atoms with van der Waals surface area (Å²) in [5, 5.41) is 11.8. The van der Waals surface area contributed by atoms with Crippen LogP contribution in [0.25, 0.3) is 10.8 Å². The number of halogens is 3. The number of hydrogen-bond donors (Lipinski definition) is 1. The smallest absolute Gasteiger partial charge is 0.401 e. The molecule has 2 aromatic rings. The predicted molar refractivity (Wildman–Crippen MR) is 88.6 cm³/mol. The second kappa shape index (κ2) is 6.55. The fourth-order valence-corrected chi connectivity index (χ4v) is 3.24. The molecule has 0 aliphatic carbocycles. The van der Waals surface area contributed by atoms with Crippen LogP contribution in [0.2, 0.25) is 0 Å². The molecular formula is C18H19F3N2O2. The summed E-state index contributed by atoms with van der Waals surface area (Å²) in [6.45, 7) is 1.25. The number of nitrogens with zero attached hydrogens (tertiary/aromatic N) is 2. The van der Waals surface area contributed by atoms with E-state index in [1.165, 1.54) is 9.80 Å². The quantitative estimate of drug-likeness (QED) is 0.902. The van der Waals surface area contributed by atoms with Crippen molar-refractivity contribution in [2.45, 2.75) is 19.1 Å². The van der Waals surface area contributed by atoms with Gasteiger partial charge < -0.3 is 10.0 Å². The number of phenolic OH excluding ortho intramolecular Hbond substituents is 1. The number of benzene rings is 2. The Bertz CT molecular complexity index is 791. The minimum Gasteiger partial charge on any atom is -0.506 e. The summed E-state index contributed by atoms with van der Waals surface area (Å²) in [5.41, 5.74) is 0.176. The van der Waals surface area contributed by atoms with Crippen LogP contribution in [-0.4, -0.2) is 59.2 Å². The van der Waals surface area contributed by atoms with Gasteiger partial charge in [-0.05, 0) is 18.4 Å². The van der Waals surface area contributed by atoms with E-state index in [4.69, 9.17) is 0 Å². The number of fused-ring (bicyclic) bond motifs is 1. The van der Waals surface area contributed by atoms with Gasteiger partial charge >= 0.3 is 6.18 Å². The molecule has 0 saturated carbocycles. The Balaban J connectivity index is 1.78. The SMILES string of the molecule is CC1CN(C(=O)c2ccc3ccccc3c2O)CCN1CC(F)(F)F. The zero-order valence-electron chi connectivity index (χ0n) is 13.8. The third-order valence-corrected chi connectivity index (χ3v) is 4.57. The predicted octanol–water partition coefficient (Wildman–Crippen LogP) is 3.25.